The summed E-state index contributed by atoms with van der Waals surface area (Å²) in [4.78, 5) is 2.79. The summed E-state index contributed by atoms with van der Waals surface area (Å²) in [5.41, 5.74) is 1.43. The third-order valence-corrected chi connectivity index (χ3v) is 5.30. The van der Waals surface area contributed by atoms with E-state index >= 15 is 0 Å². The Bertz CT molecular complexity index is 438. The van der Waals surface area contributed by atoms with E-state index in [0.29, 0.717) is 12.1 Å². The number of rotatable bonds is 5. The normalized spacial score (nSPS) is 28.8. The molecule has 3 atom stereocenters. The lowest BCUT2D eigenvalue weighted by atomic mass is 9.93. The van der Waals surface area contributed by atoms with Crippen LogP contribution in [0.5, 0.6) is 0 Å². The van der Waals surface area contributed by atoms with E-state index in [1.807, 2.05) is 0 Å². The number of hydrogen-bond donors (Lipinski definition) is 1. The topological polar surface area (TPSA) is 15.3 Å². The lowest BCUT2D eigenvalue weighted by Gasteiger charge is -2.46. The van der Waals surface area contributed by atoms with Crippen LogP contribution in [0.3, 0.4) is 0 Å². The molecule has 3 unspecified atom stereocenters. The van der Waals surface area contributed by atoms with Crippen molar-refractivity contribution in [1.82, 2.24) is 10.2 Å². The van der Waals surface area contributed by atoms with Gasteiger partial charge in [0, 0.05) is 31.2 Å². The fourth-order valence-electron chi connectivity index (χ4n) is 3.80. The highest BCUT2D eigenvalue weighted by atomic mass is 15.3. The maximum atomic E-state index is 3.78. The van der Waals surface area contributed by atoms with Gasteiger partial charge in [0.2, 0.25) is 0 Å². The molecule has 1 aromatic rings. The van der Waals surface area contributed by atoms with Gasteiger partial charge in [-0.3, -0.25) is 4.90 Å². The van der Waals surface area contributed by atoms with Gasteiger partial charge in [-0.2, -0.15) is 0 Å². The molecule has 1 aromatic carbocycles. The first kappa shape index (κ1) is 15.1. The Morgan fingerprint density at radius 2 is 1.86 bits per heavy atom. The summed E-state index contributed by atoms with van der Waals surface area (Å²) >= 11 is 0. The predicted octanol–water partition coefficient (Wildman–Crippen LogP) is 3.85. The van der Waals surface area contributed by atoms with Gasteiger partial charge >= 0.3 is 0 Å². The largest absolute Gasteiger partial charge is 0.307 e. The van der Waals surface area contributed by atoms with Crippen LogP contribution in [0.4, 0.5) is 0 Å². The maximum Gasteiger partial charge on any atom is 0.0450 e. The SMILES string of the molecule is CC(C)C1CNC(c2ccccc2)CN1C(C)CC1CC1. The molecule has 2 nitrogen and oxygen atoms in total. The van der Waals surface area contributed by atoms with E-state index in [9.17, 15) is 0 Å². The van der Waals surface area contributed by atoms with Crippen LogP contribution in [-0.2, 0) is 0 Å². The van der Waals surface area contributed by atoms with Crippen molar-refractivity contribution in [2.24, 2.45) is 11.8 Å². The molecule has 1 N–H and O–H groups in total. The zero-order valence-electron chi connectivity index (χ0n) is 13.8. The van der Waals surface area contributed by atoms with Crippen LogP contribution in [0.1, 0.15) is 51.6 Å². The molecule has 0 bridgehead atoms. The Morgan fingerprint density at radius 3 is 2.48 bits per heavy atom. The second-order valence-electron chi connectivity index (χ2n) is 7.41. The summed E-state index contributed by atoms with van der Waals surface area (Å²) in [6, 6.07) is 12.8. The van der Waals surface area contributed by atoms with Crippen LogP contribution in [0.25, 0.3) is 0 Å². The number of nitrogens with one attached hydrogen (secondary N) is 1. The van der Waals surface area contributed by atoms with Crippen molar-refractivity contribution in [3.63, 3.8) is 0 Å². The molecule has 1 aliphatic carbocycles. The molecule has 0 radical (unpaired) electrons. The summed E-state index contributed by atoms with van der Waals surface area (Å²) in [5.74, 6) is 1.73. The second-order valence-corrected chi connectivity index (χ2v) is 7.41. The molecule has 2 aliphatic rings. The van der Waals surface area contributed by atoms with Crippen LogP contribution in [0.2, 0.25) is 0 Å². The summed E-state index contributed by atoms with van der Waals surface area (Å²) in [7, 11) is 0. The van der Waals surface area contributed by atoms with Crippen molar-refractivity contribution in [3.8, 4) is 0 Å². The van der Waals surface area contributed by atoms with Crippen LogP contribution in [-0.4, -0.2) is 30.1 Å². The molecular formula is C19H30N2. The minimum absolute atomic E-state index is 0.489. The van der Waals surface area contributed by atoms with E-state index in [4.69, 9.17) is 0 Å². The summed E-state index contributed by atoms with van der Waals surface area (Å²) in [6.45, 7) is 9.45. The Hall–Kier alpha value is -0.860. The van der Waals surface area contributed by atoms with Crippen molar-refractivity contribution in [1.29, 1.82) is 0 Å². The first-order valence-electron chi connectivity index (χ1n) is 8.69. The fraction of sp³-hybridized carbons (Fsp3) is 0.684. The van der Waals surface area contributed by atoms with Gasteiger partial charge in [0.1, 0.15) is 0 Å². The van der Waals surface area contributed by atoms with E-state index in [0.717, 1.165) is 31.0 Å². The minimum atomic E-state index is 0.489. The Kier molecular flexibility index (Phi) is 4.66. The highest BCUT2D eigenvalue weighted by Gasteiger charge is 2.35. The van der Waals surface area contributed by atoms with Gasteiger partial charge in [-0.1, -0.05) is 57.0 Å². The standard InChI is InChI=1S/C19H30N2/c1-14(2)19-12-20-18(17-7-5-4-6-8-17)13-21(19)15(3)11-16-9-10-16/h4-8,14-16,18-20H,9-13H2,1-3H3. The number of piperazine rings is 1. The lowest BCUT2D eigenvalue weighted by molar-refractivity contribution is 0.0563. The molecule has 3 rings (SSSR count). The first-order valence-corrected chi connectivity index (χ1v) is 8.69. The van der Waals surface area contributed by atoms with Gasteiger partial charge < -0.3 is 5.32 Å². The average Bonchev–Trinajstić information content (AvgIpc) is 3.31. The Morgan fingerprint density at radius 1 is 1.14 bits per heavy atom. The molecule has 1 saturated heterocycles. The number of nitrogens with zero attached hydrogens (tertiary/aromatic N) is 1. The molecule has 0 aromatic heterocycles. The molecule has 1 heterocycles. The van der Waals surface area contributed by atoms with Crippen molar-refractivity contribution in [2.45, 2.75) is 58.2 Å². The second kappa shape index (κ2) is 6.50. The molecule has 2 heteroatoms. The Balaban J connectivity index is 1.71. The maximum absolute atomic E-state index is 3.78. The van der Waals surface area contributed by atoms with Crippen molar-refractivity contribution >= 4 is 0 Å². The molecule has 21 heavy (non-hydrogen) atoms. The van der Waals surface area contributed by atoms with Crippen LogP contribution in [0, 0.1) is 11.8 Å². The van der Waals surface area contributed by atoms with Crippen LogP contribution >= 0.6 is 0 Å². The van der Waals surface area contributed by atoms with E-state index in [1.165, 1.54) is 24.8 Å². The first-order chi connectivity index (χ1) is 10.1. The van der Waals surface area contributed by atoms with Gasteiger partial charge in [0.15, 0.2) is 0 Å². The lowest BCUT2D eigenvalue weighted by Crippen LogP contribution is -2.57. The number of benzene rings is 1. The van der Waals surface area contributed by atoms with Crippen LogP contribution < -0.4 is 5.32 Å². The average molecular weight is 286 g/mol. The smallest absolute Gasteiger partial charge is 0.0450 e. The third-order valence-electron chi connectivity index (χ3n) is 5.30. The molecule has 116 valence electrons. The van der Waals surface area contributed by atoms with E-state index < -0.39 is 0 Å². The zero-order valence-corrected chi connectivity index (χ0v) is 13.8. The molecule has 0 amide bonds. The van der Waals surface area contributed by atoms with Gasteiger partial charge in [-0.25, -0.2) is 0 Å². The van der Waals surface area contributed by atoms with E-state index in [2.05, 4.69) is 61.3 Å². The summed E-state index contributed by atoms with van der Waals surface area (Å²) in [5, 5.41) is 3.78. The van der Waals surface area contributed by atoms with Crippen LogP contribution in [0.15, 0.2) is 30.3 Å². The molecule has 2 fully saturated rings. The third kappa shape index (κ3) is 3.67. The quantitative estimate of drug-likeness (QED) is 0.884. The van der Waals surface area contributed by atoms with E-state index in [-0.39, 0.29) is 0 Å². The predicted molar refractivity (Wildman–Crippen MR) is 89.3 cm³/mol. The molecule has 1 saturated carbocycles. The van der Waals surface area contributed by atoms with Crippen molar-refractivity contribution in [3.05, 3.63) is 35.9 Å². The molecule has 1 aliphatic heterocycles. The Labute approximate surface area is 129 Å². The fourth-order valence-corrected chi connectivity index (χ4v) is 3.80. The van der Waals surface area contributed by atoms with Gasteiger partial charge in [0.05, 0.1) is 0 Å². The van der Waals surface area contributed by atoms with Crippen molar-refractivity contribution < 1.29 is 0 Å². The highest BCUT2D eigenvalue weighted by Crippen LogP contribution is 2.36. The minimum Gasteiger partial charge on any atom is -0.307 e. The van der Waals surface area contributed by atoms with E-state index in [1.54, 1.807) is 0 Å². The monoisotopic (exact) mass is 286 g/mol. The van der Waals surface area contributed by atoms with Crippen molar-refractivity contribution in [2.75, 3.05) is 13.1 Å². The van der Waals surface area contributed by atoms with Gasteiger partial charge in [-0.15, -0.1) is 0 Å². The number of hydrogen-bond acceptors (Lipinski definition) is 2. The molecular weight excluding hydrogens is 256 g/mol. The molecule has 0 spiro atoms. The summed E-state index contributed by atoms with van der Waals surface area (Å²) in [6.07, 6.45) is 4.32. The van der Waals surface area contributed by atoms with Gasteiger partial charge in [0.25, 0.3) is 0 Å². The zero-order chi connectivity index (χ0) is 14.8. The van der Waals surface area contributed by atoms with Gasteiger partial charge in [-0.05, 0) is 30.7 Å². The highest BCUT2D eigenvalue weighted by molar-refractivity contribution is 5.20. The summed E-state index contributed by atoms with van der Waals surface area (Å²) < 4.78 is 0.